The van der Waals surface area contributed by atoms with Crippen LogP contribution in [0.1, 0.15) is 31.5 Å². The SMILES string of the molecule is Cc1nn(C)c(Cl)c1C=CC(=O)NC(CO)CC(C)C. The van der Waals surface area contributed by atoms with Crippen LogP contribution in [0.15, 0.2) is 6.08 Å². The van der Waals surface area contributed by atoms with Crippen molar-refractivity contribution in [2.24, 2.45) is 13.0 Å². The second-order valence-electron chi connectivity index (χ2n) is 5.26. The number of aryl methyl sites for hydroxylation is 2. The van der Waals surface area contributed by atoms with Gasteiger partial charge in [0, 0.05) is 18.7 Å². The number of amides is 1. The molecule has 0 saturated heterocycles. The number of nitrogens with zero attached hydrogens (tertiary/aromatic N) is 2. The molecule has 1 unspecified atom stereocenters. The van der Waals surface area contributed by atoms with Gasteiger partial charge in [0.25, 0.3) is 0 Å². The van der Waals surface area contributed by atoms with Crippen molar-refractivity contribution in [3.05, 3.63) is 22.5 Å². The summed E-state index contributed by atoms with van der Waals surface area (Å²) in [6.45, 7) is 5.86. The van der Waals surface area contributed by atoms with Crippen LogP contribution in [-0.4, -0.2) is 33.4 Å². The molecule has 112 valence electrons. The van der Waals surface area contributed by atoms with Crippen LogP contribution in [0.4, 0.5) is 0 Å². The maximum absolute atomic E-state index is 11.8. The molecule has 1 atom stereocenters. The van der Waals surface area contributed by atoms with E-state index in [1.54, 1.807) is 17.8 Å². The quantitative estimate of drug-likeness (QED) is 0.789. The van der Waals surface area contributed by atoms with Crippen LogP contribution in [0.3, 0.4) is 0 Å². The molecule has 5 nitrogen and oxygen atoms in total. The van der Waals surface area contributed by atoms with Crippen LogP contribution in [0.2, 0.25) is 5.15 Å². The van der Waals surface area contributed by atoms with Crippen molar-refractivity contribution in [3.63, 3.8) is 0 Å². The van der Waals surface area contributed by atoms with Gasteiger partial charge in [0.15, 0.2) is 0 Å². The van der Waals surface area contributed by atoms with Crippen molar-refractivity contribution in [2.75, 3.05) is 6.61 Å². The van der Waals surface area contributed by atoms with Crippen molar-refractivity contribution in [1.29, 1.82) is 0 Å². The largest absolute Gasteiger partial charge is 0.394 e. The Morgan fingerprint density at radius 3 is 2.65 bits per heavy atom. The molecular weight excluding hydrogens is 278 g/mol. The molecule has 0 aromatic carbocycles. The van der Waals surface area contributed by atoms with Gasteiger partial charge < -0.3 is 10.4 Å². The molecule has 1 amide bonds. The van der Waals surface area contributed by atoms with E-state index in [9.17, 15) is 9.90 Å². The van der Waals surface area contributed by atoms with E-state index in [0.29, 0.717) is 11.1 Å². The van der Waals surface area contributed by atoms with Gasteiger partial charge in [-0.25, -0.2) is 0 Å². The highest BCUT2D eigenvalue weighted by Gasteiger charge is 2.12. The van der Waals surface area contributed by atoms with Crippen LogP contribution in [0.5, 0.6) is 0 Å². The predicted octanol–water partition coefficient (Wildman–Crippen LogP) is 1.92. The zero-order chi connectivity index (χ0) is 15.3. The topological polar surface area (TPSA) is 67.2 Å². The number of hydrogen-bond acceptors (Lipinski definition) is 3. The Kier molecular flexibility index (Phi) is 6.23. The van der Waals surface area contributed by atoms with Crippen LogP contribution in [-0.2, 0) is 11.8 Å². The number of halogens is 1. The van der Waals surface area contributed by atoms with E-state index in [-0.39, 0.29) is 18.6 Å². The molecule has 0 saturated carbocycles. The lowest BCUT2D eigenvalue weighted by atomic mass is 10.0. The fourth-order valence-corrected chi connectivity index (χ4v) is 2.23. The molecule has 1 aromatic rings. The summed E-state index contributed by atoms with van der Waals surface area (Å²) in [7, 11) is 1.75. The first kappa shape index (κ1) is 16.7. The highest BCUT2D eigenvalue weighted by atomic mass is 35.5. The molecule has 20 heavy (non-hydrogen) atoms. The van der Waals surface area contributed by atoms with E-state index >= 15 is 0 Å². The minimum absolute atomic E-state index is 0.0650. The lowest BCUT2D eigenvalue weighted by Gasteiger charge is -2.17. The predicted molar refractivity (Wildman–Crippen MR) is 80.5 cm³/mol. The first-order valence-electron chi connectivity index (χ1n) is 6.63. The molecular formula is C14H22ClN3O2. The summed E-state index contributed by atoms with van der Waals surface area (Å²) in [5.74, 6) is 0.162. The Morgan fingerprint density at radius 2 is 2.20 bits per heavy atom. The molecule has 6 heteroatoms. The zero-order valence-electron chi connectivity index (χ0n) is 12.4. The Labute approximate surface area is 124 Å². The van der Waals surface area contributed by atoms with Crippen LogP contribution in [0.25, 0.3) is 6.08 Å². The first-order valence-corrected chi connectivity index (χ1v) is 7.01. The van der Waals surface area contributed by atoms with Gasteiger partial charge >= 0.3 is 0 Å². The van der Waals surface area contributed by atoms with Gasteiger partial charge in [-0.2, -0.15) is 5.10 Å². The Morgan fingerprint density at radius 1 is 1.55 bits per heavy atom. The van der Waals surface area contributed by atoms with Crippen molar-refractivity contribution >= 4 is 23.6 Å². The van der Waals surface area contributed by atoms with Crippen molar-refractivity contribution < 1.29 is 9.90 Å². The molecule has 1 aromatic heterocycles. The average molecular weight is 300 g/mol. The number of aliphatic hydroxyl groups excluding tert-OH is 1. The number of carbonyl (C=O) groups is 1. The number of nitrogens with one attached hydrogen (secondary N) is 1. The van der Waals surface area contributed by atoms with E-state index in [4.69, 9.17) is 11.6 Å². The maximum atomic E-state index is 11.8. The van der Waals surface area contributed by atoms with Gasteiger partial charge in [-0.05, 0) is 25.3 Å². The van der Waals surface area contributed by atoms with Crippen LogP contribution >= 0.6 is 11.6 Å². The average Bonchev–Trinajstić information content (AvgIpc) is 2.60. The summed E-state index contributed by atoms with van der Waals surface area (Å²) < 4.78 is 1.56. The number of rotatable bonds is 6. The van der Waals surface area contributed by atoms with E-state index in [0.717, 1.165) is 17.7 Å². The second kappa shape index (κ2) is 7.45. The van der Waals surface area contributed by atoms with Gasteiger partial charge in [-0.1, -0.05) is 25.4 Å². The summed E-state index contributed by atoms with van der Waals surface area (Å²) >= 11 is 6.08. The molecule has 0 aliphatic heterocycles. The summed E-state index contributed by atoms with van der Waals surface area (Å²) in [6.07, 6.45) is 3.80. The van der Waals surface area contributed by atoms with Gasteiger partial charge in [0.2, 0.25) is 5.91 Å². The summed E-state index contributed by atoms with van der Waals surface area (Å²) in [6, 6.07) is -0.224. The lowest BCUT2D eigenvalue weighted by molar-refractivity contribution is -0.117. The van der Waals surface area contributed by atoms with Gasteiger partial charge in [0.1, 0.15) is 5.15 Å². The zero-order valence-corrected chi connectivity index (χ0v) is 13.1. The van der Waals surface area contributed by atoms with Crippen LogP contribution in [0, 0.1) is 12.8 Å². The first-order chi connectivity index (χ1) is 9.35. The number of aromatic nitrogens is 2. The summed E-state index contributed by atoms with van der Waals surface area (Å²) in [4.78, 5) is 11.8. The highest BCUT2D eigenvalue weighted by Crippen LogP contribution is 2.19. The van der Waals surface area contributed by atoms with E-state index in [1.807, 2.05) is 20.8 Å². The Hall–Kier alpha value is -1.33. The molecule has 2 N–H and O–H groups in total. The normalized spacial score (nSPS) is 13.2. The third kappa shape index (κ3) is 4.65. The molecule has 1 heterocycles. The number of aliphatic hydroxyl groups is 1. The minimum Gasteiger partial charge on any atom is -0.394 e. The number of hydrogen-bond donors (Lipinski definition) is 2. The smallest absolute Gasteiger partial charge is 0.244 e. The van der Waals surface area contributed by atoms with Gasteiger partial charge in [0.05, 0.1) is 18.3 Å². The molecule has 0 aliphatic carbocycles. The fraction of sp³-hybridized carbons (Fsp3) is 0.571. The summed E-state index contributed by atoms with van der Waals surface area (Å²) in [5.41, 5.74) is 1.50. The maximum Gasteiger partial charge on any atom is 0.244 e. The summed E-state index contributed by atoms with van der Waals surface area (Å²) in [5, 5.41) is 16.7. The van der Waals surface area contributed by atoms with Gasteiger partial charge in [-0.3, -0.25) is 9.48 Å². The Bertz CT molecular complexity index is 495. The fourth-order valence-electron chi connectivity index (χ4n) is 1.99. The highest BCUT2D eigenvalue weighted by molar-refractivity contribution is 6.31. The van der Waals surface area contributed by atoms with E-state index < -0.39 is 0 Å². The van der Waals surface area contributed by atoms with E-state index in [2.05, 4.69) is 10.4 Å². The Balaban J connectivity index is 2.67. The molecule has 0 aliphatic rings. The minimum atomic E-state index is -0.246. The number of carbonyl (C=O) groups excluding carboxylic acids is 1. The monoisotopic (exact) mass is 299 g/mol. The van der Waals surface area contributed by atoms with Crippen molar-refractivity contribution in [1.82, 2.24) is 15.1 Å². The van der Waals surface area contributed by atoms with Crippen molar-refractivity contribution in [2.45, 2.75) is 33.2 Å². The molecule has 0 fully saturated rings. The third-order valence-electron chi connectivity index (χ3n) is 2.92. The van der Waals surface area contributed by atoms with Crippen molar-refractivity contribution in [3.8, 4) is 0 Å². The molecule has 1 rings (SSSR count). The third-order valence-corrected chi connectivity index (χ3v) is 3.37. The molecule has 0 bridgehead atoms. The lowest BCUT2D eigenvalue weighted by Crippen LogP contribution is -2.37. The van der Waals surface area contributed by atoms with E-state index in [1.165, 1.54) is 6.08 Å². The molecule has 0 spiro atoms. The standard InChI is InChI=1S/C14H22ClN3O2/c1-9(2)7-11(8-19)16-13(20)6-5-12-10(3)17-18(4)14(12)15/h5-6,9,11,19H,7-8H2,1-4H3,(H,16,20). The van der Waals surface area contributed by atoms with Crippen LogP contribution < -0.4 is 5.32 Å². The van der Waals surface area contributed by atoms with Gasteiger partial charge in [-0.15, -0.1) is 0 Å². The second-order valence-corrected chi connectivity index (χ2v) is 5.62. The molecule has 0 radical (unpaired) electrons.